The van der Waals surface area contributed by atoms with Crippen molar-refractivity contribution in [2.24, 2.45) is 0 Å². The quantitative estimate of drug-likeness (QED) is 0.217. The average molecular weight is 744 g/mol. The van der Waals surface area contributed by atoms with E-state index in [1.165, 1.54) is 0 Å². The molecule has 0 saturated heterocycles. The van der Waals surface area contributed by atoms with E-state index in [0.29, 0.717) is 0 Å². The van der Waals surface area contributed by atoms with Crippen LogP contribution in [-0.2, 0) is 69.4 Å². The summed E-state index contributed by atoms with van der Waals surface area (Å²) in [5, 5.41) is 0. The van der Waals surface area contributed by atoms with Gasteiger partial charge < -0.3 is 0 Å². The minimum atomic E-state index is 0. The molecule has 80 valence electrons. The topological polar surface area (TPSA) is 0 Å². The second-order valence-corrected chi connectivity index (χ2v) is 0. The Balaban J connectivity index is 0. The fourth-order valence-electron chi connectivity index (χ4n) is 0. The van der Waals surface area contributed by atoms with Crippen LogP contribution in [0, 0.1) is 0 Å². The molecule has 0 nitrogen and oxygen atoms in total. The van der Waals surface area contributed by atoms with Crippen LogP contribution in [0.2, 0.25) is 0 Å². The van der Waals surface area contributed by atoms with Crippen molar-refractivity contribution in [2.45, 2.75) is 0 Å². The van der Waals surface area contributed by atoms with Crippen molar-refractivity contribution in [3.05, 3.63) is 0 Å². The molecule has 0 radical (unpaired) electrons. The molecular formula is H28Cr4Ge7. The predicted molar refractivity (Wildman–Crippen MR) is 79.3 cm³/mol. The van der Waals surface area contributed by atoms with E-state index in [9.17, 15) is 0 Å². The van der Waals surface area contributed by atoms with Crippen molar-refractivity contribution in [3.63, 3.8) is 0 Å². The van der Waals surface area contributed by atoms with Crippen LogP contribution < -0.4 is 0 Å². The summed E-state index contributed by atoms with van der Waals surface area (Å²) in [6.07, 6.45) is 0. The van der Waals surface area contributed by atoms with Gasteiger partial charge in [-0.05, 0) is 0 Å². The van der Waals surface area contributed by atoms with Crippen LogP contribution in [0.1, 0.15) is 0 Å². The second kappa shape index (κ2) is 101. The summed E-state index contributed by atoms with van der Waals surface area (Å²) in [6.45, 7) is 0. The molecule has 0 aliphatic rings. The SMILES string of the molecule is [Cr].[Cr].[Cr].[Cr].[GeH4].[GeH4].[GeH4].[GeH4].[GeH4].[GeH4].[GeH4]. The minimum absolute atomic E-state index is 0. The molecule has 0 aromatic heterocycles. The van der Waals surface area contributed by atoms with Gasteiger partial charge in [0, 0.05) is 69.4 Å². The zero-order valence-corrected chi connectivity index (χ0v) is 6.73. The Morgan fingerprint density at radius 2 is 0.182 bits per heavy atom. The van der Waals surface area contributed by atoms with Crippen LogP contribution in [0.15, 0.2) is 0 Å². The summed E-state index contributed by atoms with van der Waals surface area (Å²) in [5.41, 5.74) is 0. The molecule has 0 bridgehead atoms. The predicted octanol–water partition coefficient (Wildman–Crippen LogP) is -10.2. The summed E-state index contributed by atoms with van der Waals surface area (Å²) < 4.78 is 0. The van der Waals surface area contributed by atoms with E-state index in [1.807, 2.05) is 0 Å². The molecule has 0 aliphatic heterocycles. The average Bonchev–Trinajstić information content (AvgIpc) is 0. The molecule has 0 amide bonds. The zero-order valence-electron chi connectivity index (χ0n) is 1.63. The summed E-state index contributed by atoms with van der Waals surface area (Å²) in [6, 6.07) is 0. The number of rotatable bonds is 0. The maximum atomic E-state index is 0. The molecule has 11 heavy (non-hydrogen) atoms. The summed E-state index contributed by atoms with van der Waals surface area (Å²) in [4.78, 5) is 0. The first kappa shape index (κ1) is 122. The van der Waals surface area contributed by atoms with E-state index in [0.717, 1.165) is 0 Å². The Hall–Kier alpha value is 5.93. The molecule has 0 aliphatic carbocycles. The Kier molecular flexibility index (Phi) is 1120. The Labute approximate surface area is 189 Å². The van der Waals surface area contributed by atoms with Crippen molar-refractivity contribution < 1.29 is 69.4 Å². The van der Waals surface area contributed by atoms with Crippen LogP contribution >= 0.6 is 0 Å². The van der Waals surface area contributed by atoms with E-state index in [-0.39, 0.29) is 193 Å². The molecule has 0 atom stereocenters. The van der Waals surface area contributed by atoms with Gasteiger partial charge in [-0.2, -0.15) is 0 Å². The van der Waals surface area contributed by atoms with Gasteiger partial charge in [0.15, 0.2) is 0 Å². The molecular weight excluding hydrogens is 716 g/mol. The Bertz CT molecular complexity index is 10.4. The van der Waals surface area contributed by atoms with E-state index in [1.54, 1.807) is 0 Å². The van der Waals surface area contributed by atoms with Crippen LogP contribution in [0.3, 0.4) is 0 Å². The van der Waals surface area contributed by atoms with E-state index >= 15 is 0 Å². The maximum absolute atomic E-state index is 0. The first-order chi connectivity index (χ1) is 0. The van der Waals surface area contributed by atoms with Gasteiger partial charge in [-0.3, -0.25) is 0 Å². The molecule has 0 saturated carbocycles. The third-order valence-electron chi connectivity index (χ3n) is 0. The fraction of sp³-hybridized carbons (Fsp3) is 0. The Morgan fingerprint density at radius 3 is 0.182 bits per heavy atom. The third kappa shape index (κ3) is 87.9. The molecule has 0 fully saturated rings. The molecule has 0 heterocycles. The van der Waals surface area contributed by atoms with E-state index in [2.05, 4.69) is 0 Å². The van der Waals surface area contributed by atoms with Crippen LogP contribution in [0.25, 0.3) is 0 Å². The zero-order chi connectivity index (χ0) is 0. The number of hydrogen-bond acceptors (Lipinski definition) is 0. The van der Waals surface area contributed by atoms with Crippen LogP contribution in [0.4, 0.5) is 0 Å². The van der Waals surface area contributed by atoms with Gasteiger partial charge in [0.05, 0.1) is 0 Å². The van der Waals surface area contributed by atoms with Crippen molar-refractivity contribution in [2.75, 3.05) is 0 Å². The van der Waals surface area contributed by atoms with Gasteiger partial charge >= 0.3 is 123 Å². The summed E-state index contributed by atoms with van der Waals surface area (Å²) in [5.74, 6) is 0. The normalized spacial score (nSPS) is 0. The number of hydrogen-bond donors (Lipinski definition) is 0. The molecule has 11 heteroatoms. The first-order valence-corrected chi connectivity index (χ1v) is 0. The van der Waals surface area contributed by atoms with Gasteiger partial charge in [-0.15, -0.1) is 0 Å². The van der Waals surface area contributed by atoms with Crippen molar-refractivity contribution in [1.29, 1.82) is 0 Å². The van der Waals surface area contributed by atoms with Crippen LogP contribution in [-0.4, -0.2) is 123 Å². The first-order valence-electron chi connectivity index (χ1n) is 0. The van der Waals surface area contributed by atoms with Crippen molar-refractivity contribution in [3.8, 4) is 0 Å². The summed E-state index contributed by atoms with van der Waals surface area (Å²) >= 11 is 0. The second-order valence-electron chi connectivity index (χ2n) is 0. The van der Waals surface area contributed by atoms with E-state index < -0.39 is 0 Å². The molecule has 0 aromatic carbocycles. The van der Waals surface area contributed by atoms with E-state index in [4.69, 9.17) is 0 Å². The van der Waals surface area contributed by atoms with Crippen molar-refractivity contribution >= 4 is 123 Å². The molecule has 0 rings (SSSR count). The standard InChI is InChI=1S/4Cr.7GeH4/h;;;;7*1H4. The van der Waals surface area contributed by atoms with Gasteiger partial charge in [0.1, 0.15) is 0 Å². The molecule has 0 unspecified atom stereocenters. The monoisotopic (exact) mass is 753 g/mol. The molecule has 0 spiro atoms. The third-order valence-corrected chi connectivity index (χ3v) is 0. The van der Waals surface area contributed by atoms with Gasteiger partial charge in [-0.25, -0.2) is 0 Å². The van der Waals surface area contributed by atoms with Gasteiger partial charge in [0.25, 0.3) is 0 Å². The van der Waals surface area contributed by atoms with Gasteiger partial charge in [0.2, 0.25) is 0 Å². The molecule has 0 aromatic rings. The van der Waals surface area contributed by atoms with Crippen molar-refractivity contribution in [1.82, 2.24) is 0 Å². The summed E-state index contributed by atoms with van der Waals surface area (Å²) in [7, 11) is 0. The fourth-order valence-corrected chi connectivity index (χ4v) is 0. The Morgan fingerprint density at radius 1 is 0.182 bits per heavy atom. The van der Waals surface area contributed by atoms with Gasteiger partial charge in [-0.1, -0.05) is 0 Å². The van der Waals surface area contributed by atoms with Crippen LogP contribution in [0.5, 0.6) is 0 Å². The molecule has 0 N–H and O–H groups in total.